The minimum Gasteiger partial charge on any atom is -0.283 e. The van der Waals surface area contributed by atoms with Crippen molar-refractivity contribution in [3.63, 3.8) is 0 Å². The van der Waals surface area contributed by atoms with Gasteiger partial charge in [-0.3, -0.25) is 4.72 Å². The topological polar surface area (TPSA) is 46.2 Å². The van der Waals surface area contributed by atoms with Crippen molar-refractivity contribution in [2.75, 3.05) is 11.0 Å². The molecule has 0 spiro atoms. The maximum atomic E-state index is 11.2. The van der Waals surface area contributed by atoms with Crippen LogP contribution in [0.1, 0.15) is 24.8 Å². The summed E-state index contributed by atoms with van der Waals surface area (Å²) in [6, 6.07) is 7.54. The molecule has 2 rings (SSSR count). The van der Waals surface area contributed by atoms with E-state index in [1.807, 2.05) is 18.2 Å². The van der Waals surface area contributed by atoms with Crippen LogP contribution in [0, 0.1) is 0 Å². The lowest BCUT2D eigenvalue weighted by molar-refractivity contribution is 0.607. The smallest absolute Gasteiger partial charge is 0.229 e. The fraction of sp³-hybridized carbons (Fsp3) is 0.333. The fourth-order valence-electron chi connectivity index (χ4n) is 1.97. The summed E-state index contributed by atoms with van der Waals surface area (Å²) in [6.07, 6.45) is 6.63. The first kappa shape index (κ1) is 11.2. The highest BCUT2D eigenvalue weighted by atomic mass is 32.2. The van der Waals surface area contributed by atoms with E-state index in [1.54, 1.807) is 6.07 Å². The predicted octanol–water partition coefficient (Wildman–Crippen LogP) is 2.63. The van der Waals surface area contributed by atoms with Crippen LogP contribution in [0.25, 0.3) is 5.57 Å². The van der Waals surface area contributed by atoms with Gasteiger partial charge in [-0.2, -0.15) is 0 Å². The lowest BCUT2D eigenvalue weighted by atomic mass is 10.0. The molecule has 86 valence electrons. The third-order valence-corrected chi connectivity index (χ3v) is 3.20. The van der Waals surface area contributed by atoms with Gasteiger partial charge in [-0.25, -0.2) is 8.42 Å². The normalized spacial score (nSPS) is 15.9. The number of hydrogen-bond acceptors (Lipinski definition) is 2. The summed E-state index contributed by atoms with van der Waals surface area (Å²) in [4.78, 5) is 0. The maximum Gasteiger partial charge on any atom is 0.229 e. The molecule has 0 aromatic heterocycles. The third kappa shape index (κ3) is 2.64. The molecule has 0 heterocycles. The van der Waals surface area contributed by atoms with Crippen LogP contribution in [0.2, 0.25) is 0 Å². The van der Waals surface area contributed by atoms with Gasteiger partial charge in [0.2, 0.25) is 10.0 Å². The van der Waals surface area contributed by atoms with Crippen molar-refractivity contribution in [2.45, 2.75) is 19.3 Å². The molecular formula is C12H15NO2S. The molecule has 0 unspecified atom stereocenters. The van der Waals surface area contributed by atoms with E-state index < -0.39 is 10.0 Å². The van der Waals surface area contributed by atoms with E-state index in [0.29, 0.717) is 5.69 Å². The molecule has 1 aromatic carbocycles. The van der Waals surface area contributed by atoms with Gasteiger partial charge in [0, 0.05) is 5.56 Å². The van der Waals surface area contributed by atoms with Crippen LogP contribution in [0.4, 0.5) is 5.69 Å². The number of benzene rings is 1. The second-order valence-corrected chi connectivity index (χ2v) is 5.79. The Morgan fingerprint density at radius 2 is 2.00 bits per heavy atom. The summed E-state index contributed by atoms with van der Waals surface area (Å²) in [5, 5.41) is 0. The summed E-state index contributed by atoms with van der Waals surface area (Å²) >= 11 is 0. The summed E-state index contributed by atoms with van der Waals surface area (Å²) in [5.74, 6) is 0. The van der Waals surface area contributed by atoms with Crippen molar-refractivity contribution >= 4 is 21.3 Å². The van der Waals surface area contributed by atoms with E-state index >= 15 is 0 Å². The van der Waals surface area contributed by atoms with Gasteiger partial charge in [0.1, 0.15) is 0 Å². The molecular weight excluding hydrogens is 222 g/mol. The summed E-state index contributed by atoms with van der Waals surface area (Å²) in [7, 11) is -3.21. The molecule has 4 heteroatoms. The molecule has 0 saturated heterocycles. The lowest BCUT2D eigenvalue weighted by Crippen LogP contribution is -2.10. The Balaban J connectivity index is 2.38. The van der Waals surface area contributed by atoms with Gasteiger partial charge < -0.3 is 0 Å². The van der Waals surface area contributed by atoms with Crippen LogP contribution in [0.15, 0.2) is 30.3 Å². The number of para-hydroxylation sites is 1. The van der Waals surface area contributed by atoms with Crippen molar-refractivity contribution in [1.29, 1.82) is 0 Å². The number of anilines is 1. The Bertz CT molecular complexity index is 518. The highest BCUT2D eigenvalue weighted by Gasteiger charge is 2.12. The number of nitrogens with one attached hydrogen (secondary N) is 1. The summed E-state index contributed by atoms with van der Waals surface area (Å²) < 4.78 is 25.0. The number of hydrogen-bond donors (Lipinski definition) is 1. The van der Waals surface area contributed by atoms with Crippen molar-refractivity contribution in [2.24, 2.45) is 0 Å². The minimum atomic E-state index is -3.21. The van der Waals surface area contributed by atoms with Crippen molar-refractivity contribution in [1.82, 2.24) is 0 Å². The molecule has 1 aliphatic rings. The SMILES string of the molecule is CS(=O)(=O)Nc1ccccc1C1=CCCC1. The molecule has 1 aliphatic carbocycles. The van der Waals surface area contributed by atoms with Crippen LogP contribution < -0.4 is 4.72 Å². The standard InChI is InChI=1S/C12H15NO2S/c1-16(14,15)13-12-9-5-4-8-11(12)10-6-2-3-7-10/h4-6,8-9,13H,2-3,7H2,1H3. The molecule has 0 bridgehead atoms. The van der Waals surface area contributed by atoms with E-state index in [0.717, 1.165) is 24.8 Å². The highest BCUT2D eigenvalue weighted by molar-refractivity contribution is 7.92. The quantitative estimate of drug-likeness (QED) is 0.878. The van der Waals surface area contributed by atoms with Gasteiger partial charge in [-0.05, 0) is 30.9 Å². The number of sulfonamides is 1. The maximum absolute atomic E-state index is 11.2. The molecule has 0 saturated carbocycles. The Hall–Kier alpha value is -1.29. The molecule has 0 radical (unpaired) electrons. The molecule has 0 amide bonds. The molecule has 3 nitrogen and oxygen atoms in total. The van der Waals surface area contributed by atoms with Gasteiger partial charge in [0.05, 0.1) is 11.9 Å². The van der Waals surface area contributed by atoms with Gasteiger partial charge in [0.25, 0.3) is 0 Å². The Morgan fingerprint density at radius 3 is 2.62 bits per heavy atom. The third-order valence-electron chi connectivity index (χ3n) is 2.61. The zero-order valence-electron chi connectivity index (χ0n) is 9.23. The molecule has 0 fully saturated rings. The fourth-order valence-corrected chi connectivity index (χ4v) is 2.54. The number of allylic oxidation sites excluding steroid dienone is 2. The van der Waals surface area contributed by atoms with E-state index in [4.69, 9.17) is 0 Å². The van der Waals surface area contributed by atoms with Gasteiger partial charge >= 0.3 is 0 Å². The van der Waals surface area contributed by atoms with Gasteiger partial charge in [-0.1, -0.05) is 24.3 Å². The van der Waals surface area contributed by atoms with E-state index in [-0.39, 0.29) is 0 Å². The van der Waals surface area contributed by atoms with Gasteiger partial charge in [-0.15, -0.1) is 0 Å². The molecule has 1 aromatic rings. The zero-order chi connectivity index (χ0) is 11.6. The number of rotatable bonds is 3. The van der Waals surface area contributed by atoms with Crippen LogP contribution in [-0.2, 0) is 10.0 Å². The molecule has 1 N–H and O–H groups in total. The zero-order valence-corrected chi connectivity index (χ0v) is 10.0. The van der Waals surface area contributed by atoms with Crippen LogP contribution in [0.3, 0.4) is 0 Å². The predicted molar refractivity (Wildman–Crippen MR) is 66.7 cm³/mol. The van der Waals surface area contributed by atoms with E-state index in [1.165, 1.54) is 11.8 Å². The summed E-state index contributed by atoms with van der Waals surface area (Å²) in [5.41, 5.74) is 2.93. The second kappa shape index (κ2) is 4.29. The average Bonchev–Trinajstić information content (AvgIpc) is 2.69. The monoisotopic (exact) mass is 237 g/mol. The Kier molecular flexibility index (Phi) is 3.01. The summed E-state index contributed by atoms with van der Waals surface area (Å²) in [6.45, 7) is 0. The van der Waals surface area contributed by atoms with Crippen LogP contribution in [0.5, 0.6) is 0 Å². The first-order valence-corrected chi connectivity index (χ1v) is 7.21. The van der Waals surface area contributed by atoms with Crippen LogP contribution in [-0.4, -0.2) is 14.7 Å². The highest BCUT2D eigenvalue weighted by Crippen LogP contribution is 2.32. The Labute approximate surface area is 96.2 Å². The van der Waals surface area contributed by atoms with E-state index in [2.05, 4.69) is 10.8 Å². The van der Waals surface area contributed by atoms with Crippen molar-refractivity contribution < 1.29 is 8.42 Å². The lowest BCUT2D eigenvalue weighted by Gasteiger charge is -2.11. The van der Waals surface area contributed by atoms with E-state index in [9.17, 15) is 8.42 Å². The Morgan fingerprint density at radius 1 is 1.25 bits per heavy atom. The largest absolute Gasteiger partial charge is 0.283 e. The van der Waals surface area contributed by atoms with Crippen molar-refractivity contribution in [3.8, 4) is 0 Å². The second-order valence-electron chi connectivity index (χ2n) is 4.04. The average molecular weight is 237 g/mol. The molecule has 0 aliphatic heterocycles. The first-order valence-electron chi connectivity index (χ1n) is 5.32. The molecule has 0 atom stereocenters. The van der Waals surface area contributed by atoms with Crippen LogP contribution >= 0.6 is 0 Å². The minimum absolute atomic E-state index is 0.679. The molecule has 16 heavy (non-hydrogen) atoms. The van der Waals surface area contributed by atoms with Gasteiger partial charge in [0.15, 0.2) is 0 Å². The van der Waals surface area contributed by atoms with Crippen molar-refractivity contribution in [3.05, 3.63) is 35.9 Å². The first-order chi connectivity index (χ1) is 7.56.